The van der Waals surface area contributed by atoms with Crippen LogP contribution in [0.25, 0.3) is 54.9 Å². The summed E-state index contributed by atoms with van der Waals surface area (Å²) in [6.45, 7) is 22.0. The Hall–Kier alpha value is -8.89. The Morgan fingerprint density at radius 3 is 1.15 bits per heavy atom. The largest absolute Gasteiger partial charge is 0.443 e. The number of rotatable bonds is 0. The van der Waals surface area contributed by atoms with Crippen molar-refractivity contribution in [3.63, 3.8) is 0 Å². The fraction of sp³-hybridized carbons (Fsp3) is 0.241. The summed E-state index contributed by atoms with van der Waals surface area (Å²) < 4.78 is 8.52. The Morgan fingerprint density at radius 1 is 0.370 bits per heavy atom. The number of nitrogens with zero attached hydrogens (tertiary/aromatic N) is 18. The van der Waals surface area contributed by atoms with Gasteiger partial charge in [-0.2, -0.15) is 28.7 Å². The van der Waals surface area contributed by atoms with Crippen LogP contribution in [-0.2, 0) is 0 Å². The van der Waals surface area contributed by atoms with Gasteiger partial charge in [-0.15, -0.1) is 0 Å². The standard InChI is InChI=1S/C13H12N2.C11H10N4.C11H9N4.C10H8N4.C9H6N4S/c1-8-10-5-3-4-6-11(10)9(2)13-12(8)14-7-15-13;2*1-6-8-9(13-4-3-12-8)7(2)11-10(6)14-5-15-11;1-5-7-9(13-3-11-7)6(2)10-8(5)12-4-14-10;1-4-6-7(11-3-10-6)5(2)9-8(4)12-14-13-9/h3-6H,7H2,1-2H3;3-4H,5H2,1-2H3;3-5H,1-2H3;3H2,1-2H3;1-2H3/q;;-1;;. The maximum atomic E-state index is 4.44. The van der Waals surface area contributed by atoms with Crippen molar-refractivity contribution in [3.05, 3.63) is 143 Å². The van der Waals surface area contributed by atoms with Crippen LogP contribution in [0.1, 0.15) is 55.6 Å². The second kappa shape index (κ2) is 18.7. The van der Waals surface area contributed by atoms with Crippen LogP contribution in [0.4, 0.5) is 22.7 Å². The van der Waals surface area contributed by atoms with Crippen LogP contribution in [0, 0.1) is 69.2 Å². The first-order chi connectivity index (χ1) is 35.4. The van der Waals surface area contributed by atoms with E-state index in [0.29, 0.717) is 20.0 Å². The van der Waals surface area contributed by atoms with Crippen LogP contribution < -0.4 is 37.1 Å². The molecule has 9 heterocycles. The van der Waals surface area contributed by atoms with Gasteiger partial charge in [-0.1, -0.05) is 30.6 Å². The Morgan fingerprint density at radius 2 is 0.726 bits per heavy atom. The van der Waals surface area contributed by atoms with Gasteiger partial charge in [0.15, 0.2) is 0 Å². The maximum Gasteiger partial charge on any atom is 0.130 e. The lowest BCUT2D eigenvalue weighted by Crippen LogP contribution is -2.28. The first-order valence-electron chi connectivity index (χ1n) is 23.5. The van der Waals surface area contributed by atoms with Crippen LogP contribution >= 0.6 is 11.7 Å². The monoisotopic (exact) mass is 977 g/mol. The molecule has 18 nitrogen and oxygen atoms in total. The number of imidazole rings is 1. The number of benzene rings is 6. The molecule has 358 valence electrons. The third-order valence-electron chi connectivity index (χ3n) is 13.8. The molecule has 0 aliphatic carbocycles. The van der Waals surface area contributed by atoms with Crippen LogP contribution in [0.15, 0.2) is 105 Å². The zero-order valence-electron chi connectivity index (χ0n) is 41.8. The molecular weight excluding hydrogens is 933 g/mol. The van der Waals surface area contributed by atoms with Crippen molar-refractivity contribution in [1.29, 1.82) is 0 Å². The summed E-state index contributed by atoms with van der Waals surface area (Å²) in [7, 11) is 0. The molecular formula is C54H45N18S-. The van der Waals surface area contributed by atoms with Crippen LogP contribution in [0.3, 0.4) is 0 Å². The van der Waals surface area contributed by atoms with Crippen molar-refractivity contribution in [2.45, 2.75) is 69.2 Å². The molecule has 0 saturated heterocycles. The van der Waals surface area contributed by atoms with Gasteiger partial charge in [-0.25, -0.2) is 0 Å². The fourth-order valence-corrected chi connectivity index (χ4v) is 10.5. The van der Waals surface area contributed by atoms with Crippen molar-refractivity contribution in [2.75, 3.05) is 20.0 Å². The van der Waals surface area contributed by atoms with Gasteiger partial charge >= 0.3 is 0 Å². The Kier molecular flexibility index (Phi) is 11.9. The second-order valence-corrected chi connectivity index (χ2v) is 18.4. The Bertz CT molecular complexity index is 4190. The molecule has 4 aromatic heterocycles. The van der Waals surface area contributed by atoms with Crippen LogP contribution in [0.5, 0.6) is 0 Å². The molecule has 5 aliphatic heterocycles. The fourth-order valence-electron chi connectivity index (χ4n) is 9.82. The maximum absolute atomic E-state index is 4.44. The number of fused-ring (bicyclic) bond motifs is 10. The van der Waals surface area contributed by atoms with E-state index in [-0.39, 0.29) is 0 Å². The summed E-state index contributed by atoms with van der Waals surface area (Å²) in [4.78, 5) is 68.7. The van der Waals surface area contributed by atoms with Gasteiger partial charge in [0.1, 0.15) is 65.8 Å². The van der Waals surface area contributed by atoms with Gasteiger partial charge in [0, 0.05) is 58.2 Å². The van der Waals surface area contributed by atoms with Crippen molar-refractivity contribution >= 4 is 101 Å². The molecule has 0 fully saturated rings. The molecule has 0 atom stereocenters. The lowest BCUT2D eigenvalue weighted by molar-refractivity contribution is 1.05. The predicted molar refractivity (Wildman–Crippen MR) is 283 cm³/mol. The molecule has 0 unspecified atom stereocenters. The van der Waals surface area contributed by atoms with Crippen molar-refractivity contribution in [3.8, 4) is 0 Å². The van der Waals surface area contributed by atoms with Gasteiger partial charge in [0.25, 0.3) is 0 Å². The molecule has 5 aliphatic rings. The normalized spacial score (nSPS) is 13.2. The van der Waals surface area contributed by atoms with E-state index in [2.05, 4.69) is 139 Å². The highest BCUT2D eigenvalue weighted by atomic mass is 32.1. The van der Waals surface area contributed by atoms with E-state index >= 15 is 0 Å². The van der Waals surface area contributed by atoms with Crippen molar-refractivity contribution in [1.82, 2.24) is 38.7 Å². The SMILES string of the molecule is Cc1c2c(c(C)c3c1=NCN=3)N=C=N2.Cc1c2c(c(C)c3ccccc13)=NCN=2.Cc1c2c(c(C)c3nccnc13)=NCN=2.Cc1c2c(c(C)c3nsnc13)N=C=N2.Cc1c2nccnc2c(C)c2[n-]cnc12. The minimum Gasteiger partial charge on any atom is -0.443 e. The molecule has 0 bridgehead atoms. The molecule has 6 aromatic carbocycles. The van der Waals surface area contributed by atoms with Gasteiger partial charge in [0.2, 0.25) is 0 Å². The van der Waals surface area contributed by atoms with E-state index in [1.54, 1.807) is 31.1 Å². The lowest BCUT2D eigenvalue weighted by Gasteiger charge is -2.08. The van der Waals surface area contributed by atoms with E-state index in [0.717, 1.165) is 144 Å². The number of aromatic nitrogens is 8. The molecule has 0 spiro atoms. The highest BCUT2D eigenvalue weighted by molar-refractivity contribution is 7.00. The minimum atomic E-state index is 0.535. The highest BCUT2D eigenvalue weighted by Gasteiger charge is 2.20. The van der Waals surface area contributed by atoms with Crippen LogP contribution in [-0.4, -0.2) is 65.7 Å². The summed E-state index contributed by atoms with van der Waals surface area (Å²) in [5, 5.41) is 8.70. The molecule has 0 amide bonds. The summed E-state index contributed by atoms with van der Waals surface area (Å²) >= 11 is 1.23. The third kappa shape index (κ3) is 7.77. The quantitative estimate of drug-likeness (QED) is 0.147. The smallest absolute Gasteiger partial charge is 0.130 e. The van der Waals surface area contributed by atoms with Gasteiger partial charge in [-0.05, 0) is 113 Å². The predicted octanol–water partition coefficient (Wildman–Crippen LogP) is 7.60. The molecule has 73 heavy (non-hydrogen) atoms. The number of hydrogen-bond donors (Lipinski definition) is 0. The minimum absolute atomic E-state index is 0.535. The number of aryl methyl sites for hydroxylation is 8. The first-order valence-corrected chi connectivity index (χ1v) is 24.2. The highest BCUT2D eigenvalue weighted by Crippen LogP contribution is 2.42. The second-order valence-electron chi connectivity index (χ2n) is 17.8. The Labute approximate surface area is 420 Å². The number of hydrogen-bond acceptors (Lipinski definition) is 18. The van der Waals surface area contributed by atoms with Gasteiger partial charge < -0.3 is 9.97 Å². The zero-order valence-corrected chi connectivity index (χ0v) is 42.6. The van der Waals surface area contributed by atoms with Crippen molar-refractivity contribution < 1.29 is 0 Å². The average Bonchev–Trinajstić information content (AvgIpc) is 4.28. The molecule has 19 heteroatoms. The summed E-state index contributed by atoms with van der Waals surface area (Å²) in [5.41, 5.74) is 22.1. The average molecular weight is 978 g/mol. The topological polar surface area (TPSA) is 228 Å². The Balaban J connectivity index is 0.0000000983. The summed E-state index contributed by atoms with van der Waals surface area (Å²) in [6, 6.07) is 13.7. The molecule has 0 radical (unpaired) electrons. The summed E-state index contributed by atoms with van der Waals surface area (Å²) in [5.74, 6) is 0. The van der Waals surface area contributed by atoms with E-state index < -0.39 is 0 Å². The van der Waals surface area contributed by atoms with Gasteiger partial charge in [0.05, 0.1) is 65.9 Å². The third-order valence-corrected chi connectivity index (χ3v) is 14.3. The van der Waals surface area contributed by atoms with E-state index in [9.17, 15) is 0 Å². The first kappa shape index (κ1) is 46.5. The molecule has 15 rings (SSSR count). The van der Waals surface area contributed by atoms with Crippen LogP contribution in [0.2, 0.25) is 0 Å². The lowest BCUT2D eigenvalue weighted by atomic mass is 10.00. The van der Waals surface area contributed by atoms with E-state index in [1.165, 1.54) is 33.6 Å². The zero-order chi connectivity index (χ0) is 50.7. The number of aliphatic imine (C=N–C) groups is 4. The summed E-state index contributed by atoms with van der Waals surface area (Å²) in [6.07, 6.45) is 8.43. The van der Waals surface area contributed by atoms with E-state index in [4.69, 9.17) is 0 Å². The van der Waals surface area contributed by atoms with E-state index in [1.807, 2.05) is 55.4 Å². The van der Waals surface area contributed by atoms with Gasteiger partial charge in [-0.3, -0.25) is 49.9 Å². The molecule has 0 N–H and O–H groups in total. The molecule has 0 saturated carbocycles. The molecule has 10 aromatic rings. The van der Waals surface area contributed by atoms with Crippen molar-refractivity contribution in [2.24, 2.45) is 49.9 Å².